The number of esters is 1. The van der Waals surface area contributed by atoms with Crippen LogP contribution in [0, 0.1) is 0 Å². The van der Waals surface area contributed by atoms with Gasteiger partial charge in [-0.3, -0.25) is 0 Å². The Morgan fingerprint density at radius 2 is 1.96 bits per heavy atom. The zero-order chi connectivity index (χ0) is 20.4. The normalized spacial score (nSPS) is 11.0. The molecule has 0 aliphatic rings. The van der Waals surface area contributed by atoms with Gasteiger partial charge in [-0.15, -0.1) is 11.8 Å². The van der Waals surface area contributed by atoms with Gasteiger partial charge < -0.3 is 19.3 Å². The Bertz CT molecular complexity index is 1020. The van der Waals surface area contributed by atoms with Crippen LogP contribution in [-0.4, -0.2) is 36.3 Å². The first kappa shape index (κ1) is 20.6. The van der Waals surface area contributed by atoms with Crippen molar-refractivity contribution in [3.8, 4) is 5.75 Å². The molecule has 148 valence electrons. The molecule has 3 rings (SSSR count). The molecule has 0 fully saturated rings. The van der Waals surface area contributed by atoms with E-state index in [0.717, 1.165) is 16.1 Å². The van der Waals surface area contributed by atoms with E-state index < -0.39 is 0 Å². The fourth-order valence-corrected chi connectivity index (χ4v) is 4.67. The lowest BCUT2D eigenvalue weighted by atomic mass is 10.1. The lowest BCUT2D eigenvalue weighted by Gasteiger charge is -2.18. The largest absolute Gasteiger partial charge is 0.505 e. The van der Waals surface area contributed by atoms with E-state index in [1.165, 1.54) is 0 Å². The monoisotopic (exact) mass is 462 g/mol. The summed E-state index contributed by atoms with van der Waals surface area (Å²) in [5.41, 5.74) is 2.83. The van der Waals surface area contributed by atoms with Gasteiger partial charge >= 0.3 is 5.97 Å². The van der Waals surface area contributed by atoms with Gasteiger partial charge in [0, 0.05) is 42.9 Å². The number of ether oxygens (including phenoxy) is 1. The van der Waals surface area contributed by atoms with Crippen molar-refractivity contribution in [3.05, 3.63) is 52.1 Å². The lowest BCUT2D eigenvalue weighted by Crippen LogP contribution is -2.12. The van der Waals surface area contributed by atoms with Crippen molar-refractivity contribution >= 4 is 50.3 Å². The number of aromatic nitrogens is 1. The third-order valence-electron chi connectivity index (χ3n) is 4.56. The molecule has 0 unspecified atom stereocenters. The molecule has 0 atom stereocenters. The van der Waals surface area contributed by atoms with E-state index in [-0.39, 0.29) is 11.7 Å². The molecule has 0 aliphatic heterocycles. The van der Waals surface area contributed by atoms with Crippen LogP contribution >= 0.6 is 27.7 Å². The smallest absolute Gasteiger partial charge is 0.340 e. The Morgan fingerprint density at radius 3 is 2.57 bits per heavy atom. The molecule has 0 saturated heterocycles. The van der Waals surface area contributed by atoms with Crippen molar-refractivity contribution in [2.45, 2.75) is 17.6 Å². The number of fused-ring (bicyclic) bond motifs is 1. The first-order valence-corrected chi connectivity index (χ1v) is 10.7. The number of carbonyl (C=O) groups is 1. The maximum Gasteiger partial charge on any atom is 0.340 e. The van der Waals surface area contributed by atoms with Crippen LogP contribution in [0.2, 0.25) is 0 Å². The predicted molar refractivity (Wildman–Crippen MR) is 119 cm³/mol. The van der Waals surface area contributed by atoms with Crippen molar-refractivity contribution in [1.29, 1.82) is 0 Å². The van der Waals surface area contributed by atoms with Gasteiger partial charge in [0.25, 0.3) is 0 Å². The summed E-state index contributed by atoms with van der Waals surface area (Å²) in [6.45, 7) is 2.09. The number of aromatic hydroxyl groups is 1. The maximum atomic E-state index is 12.9. The van der Waals surface area contributed by atoms with E-state index in [0.29, 0.717) is 33.5 Å². The number of carbonyl (C=O) groups excluding carboxylic acids is 1. The minimum Gasteiger partial charge on any atom is -0.505 e. The molecule has 2 aromatic carbocycles. The van der Waals surface area contributed by atoms with Crippen LogP contribution in [0.15, 0.2) is 45.8 Å². The molecule has 0 spiro atoms. The Labute approximate surface area is 177 Å². The zero-order valence-electron chi connectivity index (χ0n) is 16.3. The van der Waals surface area contributed by atoms with E-state index in [1.54, 1.807) is 18.7 Å². The van der Waals surface area contributed by atoms with Gasteiger partial charge in [-0.1, -0.05) is 18.2 Å². The summed E-state index contributed by atoms with van der Waals surface area (Å²) in [7, 11) is 5.64. The van der Waals surface area contributed by atoms with Crippen LogP contribution in [0.25, 0.3) is 10.9 Å². The number of halogens is 1. The molecular formula is C21H23BrN2O3S. The Kier molecular flexibility index (Phi) is 6.25. The second kappa shape index (κ2) is 8.49. The van der Waals surface area contributed by atoms with Crippen LogP contribution in [0.1, 0.15) is 23.0 Å². The minimum atomic E-state index is -0.374. The topological polar surface area (TPSA) is 54.7 Å². The molecule has 28 heavy (non-hydrogen) atoms. The summed E-state index contributed by atoms with van der Waals surface area (Å²) in [6, 6.07) is 11.9. The number of phenols is 1. The molecule has 7 heteroatoms. The zero-order valence-corrected chi connectivity index (χ0v) is 18.7. The first-order valence-electron chi connectivity index (χ1n) is 8.91. The van der Waals surface area contributed by atoms with Gasteiger partial charge in [0.15, 0.2) is 5.75 Å². The van der Waals surface area contributed by atoms with Crippen LogP contribution in [0.4, 0.5) is 5.69 Å². The molecular weight excluding hydrogens is 440 g/mol. The van der Waals surface area contributed by atoms with E-state index in [1.807, 2.05) is 67.0 Å². The third kappa shape index (κ3) is 3.73. The fourth-order valence-electron chi connectivity index (χ4n) is 3.28. The molecule has 3 aromatic rings. The highest BCUT2D eigenvalue weighted by Crippen LogP contribution is 2.44. The van der Waals surface area contributed by atoms with E-state index in [9.17, 15) is 9.90 Å². The second-order valence-electron chi connectivity index (χ2n) is 6.55. The second-order valence-corrected chi connectivity index (χ2v) is 8.45. The van der Waals surface area contributed by atoms with Crippen molar-refractivity contribution in [2.24, 2.45) is 7.05 Å². The predicted octanol–water partition coefficient (Wildman–Crippen LogP) is 5.18. The van der Waals surface area contributed by atoms with Gasteiger partial charge in [0.1, 0.15) is 0 Å². The number of thioether (sulfide) groups is 1. The van der Waals surface area contributed by atoms with E-state index in [2.05, 4.69) is 15.9 Å². The molecule has 0 amide bonds. The van der Waals surface area contributed by atoms with Crippen LogP contribution in [0.3, 0.4) is 0 Å². The molecule has 0 radical (unpaired) electrons. The van der Waals surface area contributed by atoms with Crippen molar-refractivity contribution < 1.29 is 14.6 Å². The minimum absolute atomic E-state index is 0.107. The summed E-state index contributed by atoms with van der Waals surface area (Å²) in [5.74, 6) is 0.340. The van der Waals surface area contributed by atoms with E-state index >= 15 is 0 Å². The molecule has 1 N–H and O–H groups in total. The Morgan fingerprint density at radius 1 is 1.29 bits per heavy atom. The fraction of sp³-hybridized carbons (Fsp3) is 0.286. The number of anilines is 1. The standard InChI is InChI=1S/C21H23BrN2O3S/c1-5-27-21(26)18-16(12-28-13-9-7-6-8-10-13)24(4)15-11-14(22)20(25)19(17(15)18)23(2)3/h6-11,25H,5,12H2,1-4H3. The van der Waals surface area contributed by atoms with Gasteiger partial charge in [-0.25, -0.2) is 4.79 Å². The summed E-state index contributed by atoms with van der Waals surface area (Å²) in [6.07, 6.45) is 0. The summed E-state index contributed by atoms with van der Waals surface area (Å²) in [5, 5.41) is 11.4. The van der Waals surface area contributed by atoms with Gasteiger partial charge in [-0.05, 0) is 41.1 Å². The quantitative estimate of drug-likeness (QED) is 0.403. The number of phenolic OH excluding ortho intramolecular Hbond substituents is 1. The Balaban J connectivity index is 2.24. The van der Waals surface area contributed by atoms with Crippen LogP contribution < -0.4 is 4.90 Å². The van der Waals surface area contributed by atoms with Crippen molar-refractivity contribution in [3.63, 3.8) is 0 Å². The number of hydrogen-bond donors (Lipinski definition) is 1. The molecule has 0 bridgehead atoms. The molecule has 1 aromatic heterocycles. The highest BCUT2D eigenvalue weighted by molar-refractivity contribution is 9.10. The summed E-state index contributed by atoms with van der Waals surface area (Å²) in [4.78, 5) is 15.9. The Hall–Kier alpha value is -2.12. The van der Waals surface area contributed by atoms with Gasteiger partial charge in [0.2, 0.25) is 0 Å². The number of rotatable bonds is 6. The molecule has 5 nitrogen and oxygen atoms in total. The first-order chi connectivity index (χ1) is 13.4. The SMILES string of the molecule is CCOC(=O)c1c(CSc2ccccc2)n(C)c2cc(Br)c(O)c(N(C)C)c12. The van der Waals surface area contributed by atoms with E-state index in [4.69, 9.17) is 4.74 Å². The number of nitrogens with zero attached hydrogens (tertiary/aromatic N) is 2. The van der Waals surface area contributed by atoms with Crippen molar-refractivity contribution in [1.82, 2.24) is 4.57 Å². The number of benzene rings is 2. The van der Waals surface area contributed by atoms with Crippen molar-refractivity contribution in [2.75, 3.05) is 25.6 Å². The van der Waals surface area contributed by atoms with Crippen LogP contribution in [-0.2, 0) is 17.5 Å². The third-order valence-corrected chi connectivity index (χ3v) is 6.19. The highest BCUT2D eigenvalue weighted by atomic mass is 79.9. The molecule has 0 saturated carbocycles. The lowest BCUT2D eigenvalue weighted by molar-refractivity contribution is 0.0527. The summed E-state index contributed by atoms with van der Waals surface area (Å²) < 4.78 is 7.97. The van der Waals surface area contributed by atoms with Gasteiger partial charge in [0.05, 0.1) is 27.8 Å². The molecule has 0 aliphatic carbocycles. The number of hydrogen-bond acceptors (Lipinski definition) is 5. The number of aryl methyl sites for hydroxylation is 1. The van der Waals surface area contributed by atoms with Crippen LogP contribution in [0.5, 0.6) is 5.75 Å². The molecule has 1 heterocycles. The van der Waals surface area contributed by atoms with Gasteiger partial charge in [-0.2, -0.15) is 0 Å². The maximum absolute atomic E-state index is 12.9. The average molecular weight is 463 g/mol. The summed E-state index contributed by atoms with van der Waals surface area (Å²) >= 11 is 5.09. The average Bonchev–Trinajstić information content (AvgIpc) is 2.93. The highest BCUT2D eigenvalue weighted by Gasteiger charge is 2.28.